The summed E-state index contributed by atoms with van der Waals surface area (Å²) in [4.78, 5) is 16.5. The predicted molar refractivity (Wildman–Crippen MR) is 103 cm³/mol. The molecule has 1 aromatic heterocycles. The molecule has 0 aliphatic carbocycles. The molecule has 0 saturated heterocycles. The summed E-state index contributed by atoms with van der Waals surface area (Å²) in [7, 11) is 6.14. The van der Waals surface area contributed by atoms with Crippen LogP contribution in [-0.4, -0.2) is 39.3 Å². The van der Waals surface area contributed by atoms with Gasteiger partial charge in [0.15, 0.2) is 17.3 Å². The molecule has 1 N–H and O–H groups in total. The van der Waals surface area contributed by atoms with Crippen LogP contribution in [0.25, 0.3) is 11.3 Å². The molecule has 3 rings (SSSR count). The first-order valence-corrected chi connectivity index (χ1v) is 8.31. The lowest BCUT2D eigenvalue weighted by Gasteiger charge is -2.13. The van der Waals surface area contributed by atoms with Crippen molar-refractivity contribution in [3.63, 3.8) is 0 Å². The summed E-state index contributed by atoms with van der Waals surface area (Å²) in [5, 5.41) is 2.72. The van der Waals surface area contributed by atoms with Crippen LogP contribution in [0.3, 0.4) is 0 Å². The Kier molecular flexibility index (Phi) is 5.69. The minimum absolute atomic E-state index is 0.0698. The number of anilines is 1. The molecule has 0 aliphatic heterocycles. The summed E-state index contributed by atoms with van der Waals surface area (Å²) >= 11 is 0. The number of ether oxygens (including phenoxy) is 4. The third kappa shape index (κ3) is 3.85. The van der Waals surface area contributed by atoms with Gasteiger partial charge in [-0.25, -0.2) is 4.98 Å². The first-order chi connectivity index (χ1) is 13.6. The molecule has 3 aromatic rings. The van der Waals surface area contributed by atoms with Crippen molar-refractivity contribution < 1.29 is 28.2 Å². The zero-order valence-corrected chi connectivity index (χ0v) is 15.9. The molecule has 0 aliphatic rings. The Balaban J connectivity index is 1.84. The second-order valence-corrected chi connectivity index (χ2v) is 5.63. The Morgan fingerprint density at radius 3 is 2.11 bits per heavy atom. The van der Waals surface area contributed by atoms with Crippen LogP contribution in [0.4, 0.5) is 5.69 Å². The largest absolute Gasteiger partial charge is 0.497 e. The van der Waals surface area contributed by atoms with Gasteiger partial charge in [-0.1, -0.05) is 0 Å². The van der Waals surface area contributed by atoms with Gasteiger partial charge in [-0.05, 0) is 36.4 Å². The Morgan fingerprint density at radius 2 is 1.57 bits per heavy atom. The number of oxazole rings is 1. The van der Waals surface area contributed by atoms with Crippen molar-refractivity contribution in [1.82, 2.24) is 4.98 Å². The number of carbonyl (C=O) groups is 1. The van der Waals surface area contributed by atoms with Crippen LogP contribution in [0.5, 0.6) is 23.0 Å². The highest BCUT2D eigenvalue weighted by atomic mass is 16.5. The van der Waals surface area contributed by atoms with E-state index in [0.29, 0.717) is 40.0 Å². The molecular weight excluding hydrogens is 364 g/mol. The third-order valence-electron chi connectivity index (χ3n) is 4.00. The molecule has 0 atom stereocenters. The van der Waals surface area contributed by atoms with E-state index < -0.39 is 5.91 Å². The number of rotatable bonds is 7. The minimum atomic E-state index is -0.469. The van der Waals surface area contributed by atoms with E-state index >= 15 is 0 Å². The quantitative estimate of drug-likeness (QED) is 0.665. The zero-order chi connectivity index (χ0) is 20.1. The molecule has 0 radical (unpaired) electrons. The number of methoxy groups -OCH3 is 4. The number of aromatic nitrogens is 1. The second kappa shape index (κ2) is 8.34. The van der Waals surface area contributed by atoms with Crippen LogP contribution in [0.2, 0.25) is 0 Å². The highest BCUT2D eigenvalue weighted by molar-refractivity contribution is 6.01. The standard InChI is InChI=1S/C20H20N2O6/c1-24-14-7-5-13(6-8-14)22-19(23)20-21-11-17(28-20)12-9-15(25-2)18(27-4)16(10-12)26-3/h5-11H,1-4H3,(H,22,23). The van der Waals surface area contributed by atoms with Crippen molar-refractivity contribution in [2.75, 3.05) is 33.8 Å². The number of carbonyl (C=O) groups excluding carboxylic acids is 1. The van der Waals surface area contributed by atoms with Gasteiger partial charge >= 0.3 is 5.91 Å². The molecule has 8 heteroatoms. The van der Waals surface area contributed by atoms with E-state index in [-0.39, 0.29) is 5.89 Å². The monoisotopic (exact) mass is 384 g/mol. The molecule has 0 spiro atoms. The van der Waals surface area contributed by atoms with E-state index in [2.05, 4.69) is 10.3 Å². The van der Waals surface area contributed by atoms with Crippen LogP contribution in [-0.2, 0) is 0 Å². The maximum Gasteiger partial charge on any atom is 0.311 e. The molecule has 146 valence electrons. The van der Waals surface area contributed by atoms with Gasteiger partial charge < -0.3 is 28.7 Å². The number of hydrogen-bond donors (Lipinski definition) is 1. The molecule has 8 nitrogen and oxygen atoms in total. The van der Waals surface area contributed by atoms with E-state index in [9.17, 15) is 4.79 Å². The normalized spacial score (nSPS) is 10.3. The first kappa shape index (κ1) is 19.1. The maximum atomic E-state index is 12.4. The summed E-state index contributed by atoms with van der Waals surface area (Å²) in [6.45, 7) is 0. The Labute approximate surface area is 162 Å². The molecule has 28 heavy (non-hydrogen) atoms. The summed E-state index contributed by atoms with van der Waals surface area (Å²) in [6.07, 6.45) is 1.46. The molecular formula is C20H20N2O6. The molecule has 2 aromatic carbocycles. The van der Waals surface area contributed by atoms with E-state index in [0.717, 1.165) is 0 Å². The predicted octanol–water partition coefficient (Wildman–Crippen LogP) is 3.63. The fourth-order valence-corrected chi connectivity index (χ4v) is 2.59. The third-order valence-corrected chi connectivity index (χ3v) is 4.00. The number of nitrogens with zero attached hydrogens (tertiary/aromatic N) is 1. The van der Waals surface area contributed by atoms with Crippen molar-refractivity contribution in [3.8, 4) is 34.3 Å². The topological polar surface area (TPSA) is 92.1 Å². The molecule has 0 fully saturated rings. The average Bonchev–Trinajstić information content (AvgIpc) is 3.23. The highest BCUT2D eigenvalue weighted by Crippen LogP contribution is 2.41. The minimum Gasteiger partial charge on any atom is -0.497 e. The van der Waals surface area contributed by atoms with Crippen LogP contribution >= 0.6 is 0 Å². The van der Waals surface area contributed by atoms with Gasteiger partial charge in [-0.2, -0.15) is 0 Å². The fourth-order valence-electron chi connectivity index (χ4n) is 2.59. The molecule has 1 heterocycles. The lowest BCUT2D eigenvalue weighted by molar-refractivity contribution is 0.0991. The van der Waals surface area contributed by atoms with Crippen LogP contribution in [0, 0.1) is 0 Å². The lowest BCUT2D eigenvalue weighted by atomic mass is 10.1. The SMILES string of the molecule is COc1ccc(NC(=O)c2ncc(-c3cc(OC)c(OC)c(OC)c3)o2)cc1. The van der Waals surface area contributed by atoms with Crippen molar-refractivity contribution in [3.05, 3.63) is 48.5 Å². The van der Waals surface area contributed by atoms with E-state index in [4.69, 9.17) is 23.4 Å². The number of nitrogens with one attached hydrogen (secondary N) is 1. The smallest absolute Gasteiger partial charge is 0.311 e. The summed E-state index contributed by atoms with van der Waals surface area (Å²) in [6, 6.07) is 10.4. The van der Waals surface area contributed by atoms with Crippen LogP contribution < -0.4 is 24.3 Å². The van der Waals surface area contributed by atoms with E-state index in [1.54, 1.807) is 43.5 Å². The second-order valence-electron chi connectivity index (χ2n) is 5.63. The van der Waals surface area contributed by atoms with Gasteiger partial charge in [0.2, 0.25) is 5.75 Å². The maximum absolute atomic E-state index is 12.4. The first-order valence-electron chi connectivity index (χ1n) is 8.31. The number of benzene rings is 2. The fraction of sp³-hybridized carbons (Fsp3) is 0.200. The molecule has 1 amide bonds. The zero-order valence-electron chi connectivity index (χ0n) is 15.9. The van der Waals surface area contributed by atoms with Gasteiger partial charge in [0.25, 0.3) is 5.89 Å². The van der Waals surface area contributed by atoms with Gasteiger partial charge in [-0.15, -0.1) is 0 Å². The van der Waals surface area contributed by atoms with Crippen molar-refractivity contribution in [2.24, 2.45) is 0 Å². The Bertz CT molecular complexity index is 940. The van der Waals surface area contributed by atoms with Gasteiger partial charge in [0.1, 0.15) is 5.75 Å². The van der Waals surface area contributed by atoms with Gasteiger partial charge in [0.05, 0.1) is 34.6 Å². The molecule has 0 unspecified atom stereocenters. The van der Waals surface area contributed by atoms with Crippen LogP contribution in [0.15, 0.2) is 47.0 Å². The van der Waals surface area contributed by atoms with Crippen molar-refractivity contribution in [2.45, 2.75) is 0 Å². The number of hydrogen-bond acceptors (Lipinski definition) is 7. The lowest BCUT2D eigenvalue weighted by Crippen LogP contribution is -2.11. The van der Waals surface area contributed by atoms with E-state index in [1.165, 1.54) is 27.5 Å². The summed E-state index contributed by atoms with van der Waals surface area (Å²) < 4.78 is 26.7. The van der Waals surface area contributed by atoms with Gasteiger partial charge in [-0.3, -0.25) is 4.79 Å². The number of amides is 1. The Morgan fingerprint density at radius 1 is 0.929 bits per heavy atom. The molecule has 0 saturated carbocycles. The van der Waals surface area contributed by atoms with Crippen LogP contribution in [0.1, 0.15) is 10.7 Å². The van der Waals surface area contributed by atoms with E-state index in [1.807, 2.05) is 0 Å². The molecule has 0 bridgehead atoms. The van der Waals surface area contributed by atoms with Gasteiger partial charge in [0, 0.05) is 11.3 Å². The highest BCUT2D eigenvalue weighted by Gasteiger charge is 2.19. The van der Waals surface area contributed by atoms with Crippen molar-refractivity contribution in [1.29, 1.82) is 0 Å². The summed E-state index contributed by atoms with van der Waals surface area (Å²) in [5.41, 5.74) is 1.23. The summed E-state index contributed by atoms with van der Waals surface area (Å²) in [5.74, 6) is 1.95. The van der Waals surface area contributed by atoms with Crippen molar-refractivity contribution >= 4 is 11.6 Å². The average molecular weight is 384 g/mol. The Hall–Kier alpha value is -3.68.